The first kappa shape index (κ1) is 14.7. The fourth-order valence-corrected chi connectivity index (χ4v) is 1.88. The van der Waals surface area contributed by atoms with Crippen molar-refractivity contribution in [3.05, 3.63) is 28.8 Å². The molecule has 0 unspecified atom stereocenters. The molecule has 0 atom stereocenters. The highest BCUT2D eigenvalue weighted by Gasteiger charge is 2.05. The number of carbonyl (C=O) groups is 1. The lowest BCUT2D eigenvalue weighted by Gasteiger charge is -2.08. The average molecular weight is 287 g/mol. The Morgan fingerprint density at radius 3 is 2.83 bits per heavy atom. The molecule has 0 heterocycles. The Balaban J connectivity index is 2.51. The Morgan fingerprint density at radius 1 is 1.56 bits per heavy atom. The Morgan fingerprint density at radius 2 is 2.28 bits per heavy atom. The van der Waals surface area contributed by atoms with Gasteiger partial charge < -0.3 is 15.8 Å². The van der Waals surface area contributed by atoms with E-state index in [9.17, 15) is 4.79 Å². The molecule has 1 aromatic carbocycles. The molecule has 0 bridgehead atoms. The van der Waals surface area contributed by atoms with Crippen molar-refractivity contribution in [2.24, 2.45) is 5.73 Å². The van der Waals surface area contributed by atoms with Gasteiger partial charge in [0.15, 0.2) is 0 Å². The van der Waals surface area contributed by atoms with E-state index in [0.29, 0.717) is 30.2 Å². The highest BCUT2D eigenvalue weighted by Crippen LogP contribution is 2.20. The van der Waals surface area contributed by atoms with Crippen molar-refractivity contribution in [1.29, 1.82) is 0 Å². The van der Waals surface area contributed by atoms with E-state index in [1.807, 2.05) is 6.07 Å². The Hall–Kier alpha value is -1.33. The zero-order valence-corrected chi connectivity index (χ0v) is 11.6. The topological polar surface area (TPSA) is 64.3 Å². The van der Waals surface area contributed by atoms with Crippen molar-refractivity contribution >= 4 is 40.5 Å². The number of anilines is 1. The van der Waals surface area contributed by atoms with Crippen molar-refractivity contribution in [1.82, 2.24) is 0 Å². The minimum absolute atomic E-state index is 0.226. The van der Waals surface area contributed by atoms with E-state index in [0.717, 1.165) is 5.69 Å². The van der Waals surface area contributed by atoms with Gasteiger partial charge in [-0.1, -0.05) is 23.8 Å². The summed E-state index contributed by atoms with van der Waals surface area (Å²) in [4.78, 5) is 11.4. The maximum atomic E-state index is 11.1. The molecule has 6 heteroatoms. The van der Waals surface area contributed by atoms with Gasteiger partial charge in [-0.3, -0.25) is 4.79 Å². The molecule has 0 spiro atoms. The maximum absolute atomic E-state index is 11.1. The summed E-state index contributed by atoms with van der Waals surface area (Å²) in [5.41, 5.74) is 6.95. The Labute approximate surface area is 116 Å². The Kier molecular flexibility index (Phi) is 5.88. The number of esters is 1. The second-order valence-corrected chi connectivity index (χ2v) is 4.39. The third-order valence-corrected chi connectivity index (χ3v) is 2.73. The fraction of sp³-hybridized carbons (Fsp3) is 0.333. The second kappa shape index (κ2) is 7.18. The molecule has 18 heavy (non-hydrogen) atoms. The van der Waals surface area contributed by atoms with E-state index in [2.05, 4.69) is 5.32 Å². The molecule has 0 aliphatic heterocycles. The maximum Gasteiger partial charge on any atom is 0.307 e. The predicted octanol–water partition coefficient (Wildman–Crippen LogP) is 2.34. The van der Waals surface area contributed by atoms with Crippen LogP contribution in [0, 0.1) is 0 Å². The molecule has 4 nitrogen and oxygen atoms in total. The highest BCUT2D eigenvalue weighted by atomic mass is 35.5. The summed E-state index contributed by atoms with van der Waals surface area (Å²) in [6.07, 6.45) is 0.308. The van der Waals surface area contributed by atoms with Crippen LogP contribution in [-0.4, -0.2) is 24.1 Å². The van der Waals surface area contributed by atoms with Crippen LogP contribution in [0.25, 0.3) is 0 Å². The summed E-state index contributed by atoms with van der Waals surface area (Å²) in [5, 5.41) is 3.56. The fourth-order valence-electron chi connectivity index (χ4n) is 1.37. The zero-order valence-electron chi connectivity index (χ0n) is 10.0. The van der Waals surface area contributed by atoms with Crippen LogP contribution in [0.15, 0.2) is 18.2 Å². The van der Waals surface area contributed by atoms with E-state index in [-0.39, 0.29) is 11.0 Å². The third-order valence-electron chi connectivity index (χ3n) is 2.20. The summed E-state index contributed by atoms with van der Waals surface area (Å²) in [5.74, 6) is -0.226. The minimum atomic E-state index is -0.226. The lowest BCUT2D eigenvalue weighted by atomic mass is 10.2. The number of carbonyl (C=O) groups excluding carboxylic acids is 1. The number of hydrogen-bond acceptors (Lipinski definition) is 4. The van der Waals surface area contributed by atoms with Crippen LogP contribution in [0.3, 0.4) is 0 Å². The highest BCUT2D eigenvalue weighted by molar-refractivity contribution is 7.80. The third kappa shape index (κ3) is 4.50. The van der Waals surface area contributed by atoms with E-state index in [4.69, 9.17) is 34.3 Å². The van der Waals surface area contributed by atoms with E-state index < -0.39 is 0 Å². The quantitative estimate of drug-likeness (QED) is 0.621. The molecule has 0 saturated carbocycles. The van der Waals surface area contributed by atoms with Gasteiger partial charge in [0, 0.05) is 17.8 Å². The lowest BCUT2D eigenvalue weighted by molar-refractivity contribution is -0.142. The predicted molar refractivity (Wildman–Crippen MR) is 77.1 cm³/mol. The van der Waals surface area contributed by atoms with Crippen molar-refractivity contribution in [2.75, 3.05) is 18.5 Å². The van der Waals surface area contributed by atoms with E-state index in [1.165, 1.54) is 0 Å². The van der Waals surface area contributed by atoms with Crippen LogP contribution >= 0.6 is 23.8 Å². The van der Waals surface area contributed by atoms with Crippen LogP contribution in [0.1, 0.15) is 18.9 Å². The van der Waals surface area contributed by atoms with Crippen LogP contribution in [0.4, 0.5) is 5.69 Å². The summed E-state index contributed by atoms with van der Waals surface area (Å²) in [7, 11) is 0. The normalized spacial score (nSPS) is 9.89. The van der Waals surface area contributed by atoms with Gasteiger partial charge in [0.1, 0.15) is 4.99 Å². The average Bonchev–Trinajstić information content (AvgIpc) is 2.29. The number of benzene rings is 1. The van der Waals surface area contributed by atoms with E-state index >= 15 is 0 Å². The van der Waals surface area contributed by atoms with E-state index in [1.54, 1.807) is 19.1 Å². The zero-order chi connectivity index (χ0) is 13.5. The number of nitrogens with two attached hydrogens (primary N) is 1. The molecule has 0 aliphatic carbocycles. The number of halogens is 1. The van der Waals surface area contributed by atoms with Gasteiger partial charge in [-0.25, -0.2) is 0 Å². The van der Waals surface area contributed by atoms with Gasteiger partial charge in [0.05, 0.1) is 18.1 Å². The van der Waals surface area contributed by atoms with Crippen molar-refractivity contribution in [2.45, 2.75) is 13.3 Å². The molecule has 98 valence electrons. The number of hydrogen-bond donors (Lipinski definition) is 2. The molecule has 1 aromatic rings. The summed E-state index contributed by atoms with van der Waals surface area (Å²) >= 11 is 10.9. The van der Waals surface area contributed by atoms with Crippen molar-refractivity contribution in [3.8, 4) is 0 Å². The number of rotatable bonds is 6. The van der Waals surface area contributed by atoms with Crippen LogP contribution in [0.2, 0.25) is 5.02 Å². The van der Waals surface area contributed by atoms with Crippen LogP contribution < -0.4 is 11.1 Å². The number of nitrogens with one attached hydrogen (secondary N) is 1. The van der Waals surface area contributed by atoms with Crippen LogP contribution in [0.5, 0.6) is 0 Å². The number of ether oxygens (including phenoxy) is 1. The SMILES string of the molecule is CCOC(=O)CCNc1ccc(C(N)=S)c(Cl)c1. The van der Waals surface area contributed by atoms with Gasteiger partial charge in [-0.15, -0.1) is 0 Å². The monoisotopic (exact) mass is 286 g/mol. The van der Waals surface area contributed by atoms with Gasteiger partial charge in [0.2, 0.25) is 0 Å². The molecular weight excluding hydrogens is 272 g/mol. The van der Waals surface area contributed by atoms with Gasteiger partial charge in [-0.05, 0) is 25.1 Å². The van der Waals surface area contributed by atoms with Gasteiger partial charge >= 0.3 is 5.97 Å². The first-order chi connectivity index (χ1) is 8.54. The largest absolute Gasteiger partial charge is 0.466 e. The van der Waals surface area contributed by atoms with Gasteiger partial charge in [-0.2, -0.15) is 0 Å². The lowest BCUT2D eigenvalue weighted by Crippen LogP contribution is -2.12. The van der Waals surface area contributed by atoms with Gasteiger partial charge in [0.25, 0.3) is 0 Å². The summed E-state index contributed by atoms with van der Waals surface area (Å²) < 4.78 is 4.82. The second-order valence-electron chi connectivity index (χ2n) is 3.54. The minimum Gasteiger partial charge on any atom is -0.466 e. The van der Waals surface area contributed by atoms with Crippen molar-refractivity contribution < 1.29 is 9.53 Å². The molecule has 0 amide bonds. The molecule has 0 fully saturated rings. The smallest absolute Gasteiger partial charge is 0.307 e. The molecule has 3 N–H and O–H groups in total. The summed E-state index contributed by atoms with van der Waals surface area (Å²) in [6.45, 7) is 2.66. The Bertz CT molecular complexity index is 452. The number of thiocarbonyl (C=S) groups is 1. The molecule has 0 saturated heterocycles. The standard InChI is InChI=1S/C12H15ClN2O2S/c1-2-17-11(16)5-6-15-8-3-4-9(12(14)18)10(13)7-8/h3-4,7,15H,2,5-6H2,1H3,(H2,14,18). The first-order valence-corrected chi connectivity index (χ1v) is 6.32. The molecular formula is C12H15ClN2O2S. The molecule has 1 rings (SSSR count). The molecule has 0 aromatic heterocycles. The first-order valence-electron chi connectivity index (χ1n) is 5.53. The van der Waals surface area contributed by atoms with Crippen molar-refractivity contribution in [3.63, 3.8) is 0 Å². The summed E-state index contributed by atoms with van der Waals surface area (Å²) in [6, 6.07) is 5.28. The molecule has 0 aliphatic rings. The molecule has 0 radical (unpaired) electrons. The van der Waals surface area contributed by atoms with Crippen LogP contribution in [-0.2, 0) is 9.53 Å².